The quantitative estimate of drug-likeness (QED) is 0.153. The summed E-state index contributed by atoms with van der Waals surface area (Å²) in [6, 6.07) is -0.877. The van der Waals surface area contributed by atoms with E-state index in [9.17, 15) is 50.4 Å². The van der Waals surface area contributed by atoms with Gasteiger partial charge in [-0.25, -0.2) is 0 Å². The van der Waals surface area contributed by atoms with Gasteiger partial charge >= 0.3 is 0 Å². The molecule has 25 heteroatoms. The van der Waals surface area contributed by atoms with E-state index in [0.717, 1.165) is 25.7 Å². The van der Waals surface area contributed by atoms with Crippen LogP contribution < -0.4 is 34.0 Å². The summed E-state index contributed by atoms with van der Waals surface area (Å²) in [6.07, 6.45) is -4.68. The molecule has 0 aromatic carbocycles. The first kappa shape index (κ1) is 79.3. The smallest absolute Gasteiger partial charge is 0.217 e. The number of rotatable bonds is 3. The summed E-state index contributed by atoms with van der Waals surface area (Å²) in [5.74, 6) is -0.387. The van der Waals surface area contributed by atoms with Crippen LogP contribution in [-0.2, 0) is 42.7 Å². The lowest BCUT2D eigenvalue weighted by molar-refractivity contribution is -0.200. The molecule has 0 aromatic heterocycles. The van der Waals surface area contributed by atoms with E-state index >= 15 is 0 Å². The third-order valence-electron chi connectivity index (χ3n) is 15.7. The van der Waals surface area contributed by atoms with Gasteiger partial charge in [-0.1, -0.05) is 14.4 Å². The monoisotopic (exact) mass is 1180 g/mol. The van der Waals surface area contributed by atoms with Crippen molar-refractivity contribution in [2.45, 2.75) is 326 Å². The number of aliphatic hydroxyl groups excluding tert-OH is 10. The molecular formula is C56H116N6O19. The van der Waals surface area contributed by atoms with E-state index in [1.54, 1.807) is 20.8 Å². The molecule has 7 saturated heterocycles. The highest BCUT2D eigenvalue weighted by Crippen LogP contribution is 2.29. The average Bonchev–Trinajstić information content (AvgIpc) is 3.33. The van der Waals surface area contributed by atoms with Crippen molar-refractivity contribution in [2.75, 3.05) is 13.2 Å². The van der Waals surface area contributed by atoms with E-state index in [0.29, 0.717) is 6.42 Å². The Morgan fingerprint density at radius 3 is 1.17 bits per heavy atom. The number of hydrogen-bond donors (Lipinski definition) is 16. The maximum absolute atomic E-state index is 11.3. The number of carbonyl (C=O) groups excluding carboxylic acids is 2. The Morgan fingerprint density at radius 2 is 0.840 bits per heavy atom. The average molecular weight is 1180 g/mol. The first-order chi connectivity index (χ1) is 36.6. The van der Waals surface area contributed by atoms with Crippen LogP contribution in [0, 0.1) is 5.92 Å². The normalized spacial score (nSPS) is 47.6. The number of hydrogen-bond acceptors (Lipinski definition) is 24. The fourth-order valence-electron chi connectivity index (χ4n) is 11.1. The second-order valence-electron chi connectivity index (χ2n) is 24.4. The van der Waals surface area contributed by atoms with Crippen molar-refractivity contribution < 1.29 is 93.8 Å². The van der Waals surface area contributed by atoms with Gasteiger partial charge in [-0.15, -0.1) is 0 Å². The molecule has 21 N–H and O–H groups in total. The Labute approximate surface area is 483 Å². The van der Waals surface area contributed by atoms with Gasteiger partial charge in [0.25, 0.3) is 0 Å². The second kappa shape index (κ2) is 35.2. The van der Waals surface area contributed by atoms with Crippen LogP contribution in [0.5, 0.6) is 0 Å². The van der Waals surface area contributed by atoms with Crippen molar-refractivity contribution in [3.05, 3.63) is 0 Å². The zero-order valence-electron chi connectivity index (χ0n) is 51.0. The number of nitrogens with two attached hydrogens (primary N) is 5. The predicted molar refractivity (Wildman–Crippen MR) is 306 cm³/mol. The summed E-state index contributed by atoms with van der Waals surface area (Å²) < 4.78 is 37.3. The van der Waals surface area contributed by atoms with Crippen LogP contribution in [0.15, 0.2) is 0 Å². The number of carbonyl (C=O) groups is 2. The minimum absolute atomic E-state index is 0. The van der Waals surface area contributed by atoms with E-state index in [-0.39, 0.29) is 117 Å². The van der Waals surface area contributed by atoms with Gasteiger partial charge in [0.05, 0.1) is 122 Å². The van der Waals surface area contributed by atoms with E-state index in [1.807, 2.05) is 90.0 Å². The van der Waals surface area contributed by atoms with Gasteiger partial charge in [-0.3, -0.25) is 9.59 Å². The summed E-state index contributed by atoms with van der Waals surface area (Å²) in [5, 5.41) is 96.1. The molecule has 0 radical (unpaired) electrons. The highest BCUT2D eigenvalue weighted by Gasteiger charge is 2.45. The Hall–Kier alpha value is -1.74. The molecule has 0 bridgehead atoms. The molecule has 0 aromatic rings. The lowest BCUT2D eigenvalue weighted by Crippen LogP contribution is -2.63. The van der Waals surface area contributed by atoms with Gasteiger partial charge in [0.1, 0.15) is 36.6 Å². The molecule has 0 aliphatic carbocycles. The summed E-state index contributed by atoms with van der Waals surface area (Å²) in [7, 11) is 0. The molecule has 484 valence electrons. The lowest BCUT2D eigenvalue weighted by Gasteiger charge is -2.42. The molecule has 7 heterocycles. The van der Waals surface area contributed by atoms with Crippen molar-refractivity contribution in [3.8, 4) is 0 Å². The van der Waals surface area contributed by atoms with Crippen LogP contribution in [0.4, 0.5) is 0 Å². The SMILES string of the molecule is C.CC(=O)N[C@H]1C(O)[C@H](O)C(CO)O[C@H]1C.CC1C(O)[C@@H](O)C(CO)O[C@H]1C.CC1O[C@@H](C)CC(C)(N)C1=O.CC1O[C@@H](C)CC(C)(N)[C@@H]1O.CC1O[C@@H](C)CC(C)(N)[C@H]1O.CC1O[C@@H](C)CC(N)[C@H]1O.CC1O[C@@H](C)CC(N)[C@H]1O. The zero-order valence-corrected chi connectivity index (χ0v) is 51.0. The third-order valence-corrected chi connectivity index (χ3v) is 15.7. The number of ketones is 1. The van der Waals surface area contributed by atoms with E-state index in [1.165, 1.54) is 6.92 Å². The predicted octanol–water partition coefficient (Wildman–Crippen LogP) is -1.51. The molecule has 0 spiro atoms. The molecule has 7 aliphatic rings. The van der Waals surface area contributed by atoms with Crippen molar-refractivity contribution >= 4 is 11.7 Å². The van der Waals surface area contributed by atoms with Crippen LogP contribution in [0.1, 0.15) is 157 Å². The number of amides is 1. The Bertz CT molecular complexity index is 1690. The molecule has 0 saturated carbocycles. The van der Waals surface area contributed by atoms with Crippen molar-refractivity contribution in [3.63, 3.8) is 0 Å². The van der Waals surface area contributed by atoms with Gasteiger partial charge < -0.3 is 118 Å². The number of Topliss-reactive ketones (excluding diaryl/α,β-unsaturated/α-hetero) is 1. The van der Waals surface area contributed by atoms with Crippen LogP contribution in [0.3, 0.4) is 0 Å². The highest BCUT2D eigenvalue weighted by atomic mass is 16.5. The summed E-state index contributed by atoms with van der Waals surface area (Å²) in [5.41, 5.74) is 27.1. The van der Waals surface area contributed by atoms with E-state index in [4.69, 9.17) is 72.0 Å². The fraction of sp³-hybridized carbons (Fsp3) is 0.964. The molecule has 7 aliphatic heterocycles. The number of ether oxygens (including phenoxy) is 7. The van der Waals surface area contributed by atoms with Gasteiger partial charge in [-0.05, 0) is 136 Å². The topological polar surface area (TPSA) is 443 Å². The van der Waals surface area contributed by atoms with Crippen molar-refractivity contribution in [1.82, 2.24) is 5.32 Å². The highest BCUT2D eigenvalue weighted by molar-refractivity contribution is 5.92. The maximum Gasteiger partial charge on any atom is 0.217 e. The molecule has 15 unspecified atom stereocenters. The van der Waals surface area contributed by atoms with Crippen LogP contribution in [0.25, 0.3) is 0 Å². The lowest BCUT2D eigenvalue weighted by atomic mass is 9.84. The first-order valence-electron chi connectivity index (χ1n) is 28.5. The van der Waals surface area contributed by atoms with E-state index in [2.05, 4.69) is 5.32 Å². The summed E-state index contributed by atoms with van der Waals surface area (Å²) in [6.45, 7) is 30.5. The molecule has 81 heavy (non-hydrogen) atoms. The Balaban J connectivity index is 0.000000923. The first-order valence-corrected chi connectivity index (χ1v) is 28.5. The fourth-order valence-corrected chi connectivity index (χ4v) is 11.1. The number of aliphatic hydroxyl groups is 10. The van der Waals surface area contributed by atoms with Gasteiger partial charge in [0.2, 0.25) is 5.91 Å². The van der Waals surface area contributed by atoms with Crippen LogP contribution in [0.2, 0.25) is 0 Å². The molecular weight excluding hydrogens is 1060 g/mol. The minimum atomic E-state index is -1.19. The summed E-state index contributed by atoms with van der Waals surface area (Å²) in [4.78, 5) is 22.2. The Kier molecular flexibility index (Phi) is 34.4. The third kappa shape index (κ3) is 24.9. The molecule has 25 nitrogen and oxygen atoms in total. The maximum atomic E-state index is 11.3. The van der Waals surface area contributed by atoms with Crippen molar-refractivity contribution in [2.24, 2.45) is 34.6 Å². The number of nitrogens with one attached hydrogen (secondary N) is 1. The molecule has 29 atom stereocenters. The van der Waals surface area contributed by atoms with Crippen molar-refractivity contribution in [1.29, 1.82) is 0 Å². The van der Waals surface area contributed by atoms with Gasteiger partial charge in [-0.2, -0.15) is 0 Å². The molecule has 7 fully saturated rings. The largest absolute Gasteiger partial charge is 0.394 e. The standard InChI is InChI=1S/C9H17NO5.2C8H17NO2.C8H15NO2.C8H16O4.2C7H15NO2.CH4/c1-4-7(10-5(2)12)9(14)8(13)6(3-11)15-4;3*1-5-4-8(3,9)7(10)6(2)11-5;1-4-5(2)12-6(3-9)8(11)7(4)10;2*1-4-3-6(8)7(9)5(2)10-4;/h4,6-9,11,13-14H,3H2,1-2H3,(H,10,12);2*5-7,10H,4,9H2,1-3H3;5-6H,4,9H2,1-3H3;4-11H,3H2,1-2H3;2*4-7,9H,3,8H2,1-2H3;1H4/t4-,6?,7+,8+,9?;5-,6?,7+,8?;5-,6?,7-,8?;5-,6?,8?;4?,5-,6?,7?,8-;2*4-,5?,6?,7-;/m0000000./s1. The molecule has 7 rings (SSSR count). The van der Waals surface area contributed by atoms with Crippen LogP contribution in [-0.4, -0.2) is 245 Å². The second-order valence-corrected chi connectivity index (χ2v) is 24.4. The van der Waals surface area contributed by atoms with Gasteiger partial charge in [0.15, 0.2) is 5.78 Å². The molecule has 1 amide bonds. The van der Waals surface area contributed by atoms with Gasteiger partial charge in [0, 0.05) is 36.0 Å². The minimum Gasteiger partial charge on any atom is -0.394 e. The Morgan fingerprint density at radius 1 is 0.494 bits per heavy atom. The summed E-state index contributed by atoms with van der Waals surface area (Å²) >= 11 is 0. The van der Waals surface area contributed by atoms with E-state index < -0.39 is 89.8 Å². The van der Waals surface area contributed by atoms with Crippen LogP contribution >= 0.6 is 0 Å². The zero-order chi connectivity index (χ0) is 62.3.